The van der Waals surface area contributed by atoms with E-state index in [2.05, 4.69) is 5.10 Å². The summed E-state index contributed by atoms with van der Waals surface area (Å²) in [6.45, 7) is 0. The summed E-state index contributed by atoms with van der Waals surface area (Å²) >= 11 is 6.15. The molecule has 0 bridgehead atoms. The highest BCUT2D eigenvalue weighted by molar-refractivity contribution is 6.31. The molecule has 0 radical (unpaired) electrons. The Bertz CT molecular complexity index is 1340. The van der Waals surface area contributed by atoms with Crippen LogP contribution in [0.25, 0.3) is 0 Å². The minimum Gasteiger partial charge on any atom is -0.292 e. The molecule has 2 fully saturated rings. The average molecular weight is 456 g/mol. The van der Waals surface area contributed by atoms with Crippen LogP contribution in [0, 0.1) is 11.8 Å². The van der Waals surface area contributed by atoms with E-state index >= 15 is 0 Å². The van der Waals surface area contributed by atoms with E-state index in [1.807, 2.05) is 30.3 Å². The van der Waals surface area contributed by atoms with Crippen LogP contribution in [0.4, 0.5) is 5.69 Å². The number of rotatable bonds is 3. The highest BCUT2D eigenvalue weighted by Gasteiger charge is 2.65. The van der Waals surface area contributed by atoms with Crippen LogP contribution in [0.2, 0.25) is 5.02 Å². The maximum Gasteiger partial charge on any atom is 0.240 e. The lowest BCUT2D eigenvalue weighted by molar-refractivity contribution is -0.124. The van der Waals surface area contributed by atoms with E-state index in [1.54, 1.807) is 59.8 Å². The molecule has 0 spiro atoms. The number of carbonyl (C=O) groups excluding carboxylic acids is 3. The molecule has 4 atom stereocenters. The standard InChI is InChI=1S/C26H18ClN3O3/c27-17-10-6-11-18(13-17)29-25(32)20-21(26(29)33)23(24(31)15-7-2-1-3-8-15)30-22(20)19-12-5-4-9-16(19)14-28-30/h1-14,20-23H. The van der Waals surface area contributed by atoms with Gasteiger partial charge in [-0.1, -0.05) is 72.3 Å². The minimum absolute atomic E-state index is 0.223. The molecular formula is C26H18ClN3O3. The van der Waals surface area contributed by atoms with Gasteiger partial charge in [0.15, 0.2) is 5.78 Å². The topological polar surface area (TPSA) is 70.0 Å². The van der Waals surface area contributed by atoms with Crippen molar-refractivity contribution in [2.24, 2.45) is 16.9 Å². The van der Waals surface area contributed by atoms with Crippen LogP contribution in [-0.4, -0.2) is 34.9 Å². The smallest absolute Gasteiger partial charge is 0.240 e. The Balaban J connectivity index is 1.51. The predicted molar refractivity (Wildman–Crippen MR) is 124 cm³/mol. The van der Waals surface area contributed by atoms with Crippen molar-refractivity contribution >= 4 is 41.1 Å². The number of anilines is 1. The molecule has 0 N–H and O–H groups in total. The van der Waals surface area contributed by atoms with Gasteiger partial charge in [0.25, 0.3) is 0 Å². The maximum atomic E-state index is 13.8. The summed E-state index contributed by atoms with van der Waals surface area (Å²) in [5.74, 6) is -2.54. The van der Waals surface area contributed by atoms with Gasteiger partial charge in [-0.3, -0.25) is 19.4 Å². The second-order valence-electron chi connectivity index (χ2n) is 8.42. The van der Waals surface area contributed by atoms with Gasteiger partial charge in [-0.15, -0.1) is 0 Å². The lowest BCUT2D eigenvalue weighted by Gasteiger charge is -2.33. The third-order valence-electron chi connectivity index (χ3n) is 6.69. The van der Waals surface area contributed by atoms with Crippen molar-refractivity contribution in [3.05, 3.63) is 101 Å². The van der Waals surface area contributed by atoms with Crippen molar-refractivity contribution < 1.29 is 14.4 Å². The van der Waals surface area contributed by atoms with Crippen LogP contribution in [0.3, 0.4) is 0 Å². The Morgan fingerprint density at radius 3 is 2.36 bits per heavy atom. The SMILES string of the molecule is O=C(c1ccccc1)C1C2C(=O)N(c3cccc(Cl)c3)C(=O)C2C2c3ccccc3C=NN12. The lowest BCUT2D eigenvalue weighted by Crippen LogP contribution is -2.44. The number of amides is 2. The molecule has 2 saturated heterocycles. The van der Waals surface area contributed by atoms with Gasteiger partial charge in [0, 0.05) is 10.6 Å². The van der Waals surface area contributed by atoms with Gasteiger partial charge < -0.3 is 0 Å². The normalized spacial score (nSPS) is 25.1. The van der Waals surface area contributed by atoms with Gasteiger partial charge >= 0.3 is 0 Å². The van der Waals surface area contributed by atoms with E-state index < -0.39 is 29.8 Å². The van der Waals surface area contributed by atoms with Gasteiger partial charge in [0.05, 0.1) is 29.8 Å². The fourth-order valence-electron chi connectivity index (χ4n) is 5.31. The second-order valence-corrected chi connectivity index (χ2v) is 8.85. The molecule has 6 nitrogen and oxygen atoms in total. The molecule has 2 amide bonds. The third-order valence-corrected chi connectivity index (χ3v) is 6.92. The summed E-state index contributed by atoms with van der Waals surface area (Å²) in [5.41, 5.74) is 2.67. The van der Waals surface area contributed by atoms with E-state index in [-0.39, 0.29) is 11.7 Å². The van der Waals surface area contributed by atoms with Gasteiger partial charge in [0.2, 0.25) is 11.8 Å². The van der Waals surface area contributed by atoms with E-state index in [0.717, 1.165) is 11.1 Å². The van der Waals surface area contributed by atoms with Gasteiger partial charge in [-0.05, 0) is 29.3 Å². The molecule has 3 aliphatic heterocycles. The average Bonchev–Trinajstić information content (AvgIpc) is 3.32. The van der Waals surface area contributed by atoms with Gasteiger partial charge in [-0.25, -0.2) is 4.90 Å². The maximum absolute atomic E-state index is 13.8. The second kappa shape index (κ2) is 7.39. The number of carbonyl (C=O) groups is 3. The number of nitrogens with zero attached hydrogens (tertiary/aromatic N) is 3. The summed E-state index contributed by atoms with van der Waals surface area (Å²) in [4.78, 5) is 42.4. The molecule has 0 aliphatic carbocycles. The fourth-order valence-corrected chi connectivity index (χ4v) is 5.50. The summed E-state index contributed by atoms with van der Waals surface area (Å²) in [6, 6.07) is 21.8. The number of Topliss-reactive ketones (excluding diaryl/α,β-unsaturated/α-hetero) is 1. The number of halogens is 1. The molecule has 0 saturated carbocycles. The fraction of sp³-hybridized carbons (Fsp3) is 0.154. The molecule has 3 aromatic carbocycles. The van der Waals surface area contributed by atoms with Crippen LogP contribution in [0.15, 0.2) is 84.0 Å². The molecule has 0 aromatic heterocycles. The molecule has 4 unspecified atom stereocenters. The highest BCUT2D eigenvalue weighted by Crippen LogP contribution is 2.53. The molecular weight excluding hydrogens is 438 g/mol. The summed E-state index contributed by atoms with van der Waals surface area (Å²) in [6.07, 6.45) is 1.70. The zero-order valence-electron chi connectivity index (χ0n) is 17.3. The number of hydrogen-bond donors (Lipinski definition) is 0. The van der Waals surface area contributed by atoms with Crippen LogP contribution in [0.1, 0.15) is 27.5 Å². The number of benzene rings is 3. The Morgan fingerprint density at radius 1 is 0.848 bits per heavy atom. The van der Waals surface area contributed by atoms with Crippen molar-refractivity contribution in [1.29, 1.82) is 0 Å². The lowest BCUT2D eigenvalue weighted by atomic mass is 9.83. The monoisotopic (exact) mass is 455 g/mol. The Labute approximate surface area is 195 Å². The molecule has 6 rings (SSSR count). The zero-order valence-corrected chi connectivity index (χ0v) is 18.1. The van der Waals surface area contributed by atoms with Crippen LogP contribution in [-0.2, 0) is 9.59 Å². The number of hydrogen-bond acceptors (Lipinski definition) is 5. The predicted octanol–water partition coefficient (Wildman–Crippen LogP) is 4.10. The number of hydrazone groups is 1. The Kier molecular flexibility index (Phi) is 4.45. The number of ketones is 1. The molecule has 7 heteroatoms. The highest BCUT2D eigenvalue weighted by atomic mass is 35.5. The minimum atomic E-state index is -0.882. The van der Waals surface area contributed by atoms with Crippen molar-refractivity contribution in [3.8, 4) is 0 Å². The van der Waals surface area contributed by atoms with Crippen LogP contribution in [0.5, 0.6) is 0 Å². The van der Waals surface area contributed by atoms with E-state index in [1.165, 1.54) is 4.90 Å². The van der Waals surface area contributed by atoms with E-state index in [4.69, 9.17) is 11.6 Å². The summed E-state index contributed by atoms with van der Waals surface area (Å²) < 4.78 is 0. The van der Waals surface area contributed by atoms with Crippen molar-refractivity contribution in [3.63, 3.8) is 0 Å². The van der Waals surface area contributed by atoms with Crippen molar-refractivity contribution in [1.82, 2.24) is 5.01 Å². The molecule has 3 aliphatic rings. The Hall–Kier alpha value is -3.77. The van der Waals surface area contributed by atoms with Crippen molar-refractivity contribution in [2.45, 2.75) is 12.1 Å². The van der Waals surface area contributed by atoms with E-state index in [0.29, 0.717) is 16.3 Å². The number of imide groups is 1. The van der Waals surface area contributed by atoms with Crippen molar-refractivity contribution in [2.75, 3.05) is 4.90 Å². The van der Waals surface area contributed by atoms with Crippen LogP contribution < -0.4 is 4.90 Å². The largest absolute Gasteiger partial charge is 0.292 e. The first-order valence-corrected chi connectivity index (χ1v) is 11.1. The summed E-state index contributed by atoms with van der Waals surface area (Å²) in [5, 5.41) is 6.66. The first kappa shape index (κ1) is 19.9. The van der Waals surface area contributed by atoms with Gasteiger partial charge in [0.1, 0.15) is 6.04 Å². The quantitative estimate of drug-likeness (QED) is 0.440. The molecule has 3 aromatic rings. The van der Waals surface area contributed by atoms with Gasteiger partial charge in [-0.2, -0.15) is 5.10 Å². The van der Waals surface area contributed by atoms with E-state index in [9.17, 15) is 14.4 Å². The number of fused-ring (bicyclic) bond motifs is 5. The van der Waals surface area contributed by atoms with Crippen LogP contribution >= 0.6 is 11.6 Å². The molecule has 162 valence electrons. The summed E-state index contributed by atoms with van der Waals surface area (Å²) in [7, 11) is 0. The third kappa shape index (κ3) is 2.87. The zero-order chi connectivity index (χ0) is 22.7. The molecule has 33 heavy (non-hydrogen) atoms. The Morgan fingerprint density at radius 2 is 1.58 bits per heavy atom. The molecule has 3 heterocycles. The first-order chi connectivity index (χ1) is 16.1. The first-order valence-electron chi connectivity index (χ1n) is 10.7.